The highest BCUT2D eigenvalue weighted by molar-refractivity contribution is 7.21. The Morgan fingerprint density at radius 3 is 2.78 bits per heavy atom. The van der Waals surface area contributed by atoms with Crippen molar-refractivity contribution < 1.29 is 4.79 Å². The molecule has 1 aromatic carbocycles. The predicted octanol–water partition coefficient (Wildman–Crippen LogP) is 5.01. The van der Waals surface area contributed by atoms with Gasteiger partial charge in [-0.05, 0) is 37.6 Å². The summed E-state index contributed by atoms with van der Waals surface area (Å²) >= 11 is 19.9. The molecule has 3 nitrogen and oxygen atoms in total. The van der Waals surface area contributed by atoms with Crippen LogP contribution in [-0.4, -0.2) is 25.0 Å². The van der Waals surface area contributed by atoms with Gasteiger partial charge < -0.3 is 10.6 Å². The average molecular weight is 414 g/mol. The zero-order chi connectivity index (χ0) is 15.9. The number of benzene rings is 1. The molecule has 1 amide bonds. The number of carbonyl (C=O) groups excluding carboxylic acids is 1. The van der Waals surface area contributed by atoms with Crippen molar-refractivity contribution in [2.24, 2.45) is 5.92 Å². The molecule has 2 unspecified atom stereocenters. The zero-order valence-corrected chi connectivity index (χ0v) is 16.2. The summed E-state index contributed by atoms with van der Waals surface area (Å²) < 4.78 is 0.825. The van der Waals surface area contributed by atoms with E-state index in [0.717, 1.165) is 24.2 Å². The number of nitrogens with one attached hydrogen (secondary N) is 2. The minimum atomic E-state index is -0.142. The van der Waals surface area contributed by atoms with E-state index in [2.05, 4.69) is 17.6 Å². The van der Waals surface area contributed by atoms with Gasteiger partial charge in [-0.3, -0.25) is 4.79 Å². The summed E-state index contributed by atoms with van der Waals surface area (Å²) in [5, 5.41) is 8.51. The molecule has 0 saturated carbocycles. The SMILES string of the molecule is CC1CNCCC1NC(=O)c1sc2cc(Cl)cc(Cl)c2c1Cl.Cl. The molecule has 126 valence electrons. The molecule has 2 aromatic rings. The van der Waals surface area contributed by atoms with Gasteiger partial charge in [-0.2, -0.15) is 0 Å². The van der Waals surface area contributed by atoms with Crippen LogP contribution >= 0.6 is 58.5 Å². The molecule has 3 rings (SSSR count). The molecule has 23 heavy (non-hydrogen) atoms. The first-order chi connectivity index (χ1) is 10.5. The third-order valence-electron chi connectivity index (χ3n) is 3.96. The summed E-state index contributed by atoms with van der Waals surface area (Å²) in [6, 6.07) is 3.58. The van der Waals surface area contributed by atoms with Gasteiger partial charge in [0.25, 0.3) is 5.91 Å². The molecule has 1 aromatic heterocycles. The standard InChI is InChI=1S/C15H15Cl3N2OS.ClH/c1-7-6-19-3-2-10(7)20-15(21)14-13(18)12-9(17)4-8(16)5-11(12)22-14;/h4-5,7,10,19H,2-3,6H2,1H3,(H,20,21);1H. The Kier molecular flexibility index (Phi) is 6.45. The van der Waals surface area contributed by atoms with Crippen LogP contribution in [0.1, 0.15) is 23.0 Å². The van der Waals surface area contributed by atoms with Crippen LogP contribution in [0.15, 0.2) is 12.1 Å². The van der Waals surface area contributed by atoms with Crippen LogP contribution in [0.5, 0.6) is 0 Å². The fraction of sp³-hybridized carbons (Fsp3) is 0.400. The molecule has 2 heterocycles. The number of hydrogen-bond acceptors (Lipinski definition) is 3. The number of halogens is 4. The van der Waals surface area contributed by atoms with Crippen molar-refractivity contribution in [1.29, 1.82) is 0 Å². The summed E-state index contributed by atoms with van der Waals surface area (Å²) in [7, 11) is 0. The lowest BCUT2D eigenvalue weighted by molar-refractivity contribution is 0.0918. The monoisotopic (exact) mass is 412 g/mol. The second kappa shape index (κ2) is 7.77. The minimum absolute atomic E-state index is 0. The van der Waals surface area contributed by atoms with Crippen molar-refractivity contribution in [2.75, 3.05) is 13.1 Å². The fourth-order valence-corrected chi connectivity index (χ4v) is 5.00. The second-order valence-electron chi connectivity index (χ2n) is 5.56. The van der Waals surface area contributed by atoms with Gasteiger partial charge in [-0.25, -0.2) is 0 Å². The first kappa shape index (κ1) is 19.1. The van der Waals surface area contributed by atoms with E-state index in [1.165, 1.54) is 11.3 Å². The Hall–Kier alpha value is -0.230. The van der Waals surface area contributed by atoms with Gasteiger partial charge in [0.1, 0.15) is 4.88 Å². The van der Waals surface area contributed by atoms with Gasteiger partial charge in [-0.15, -0.1) is 23.7 Å². The number of thiophene rings is 1. The number of hydrogen-bond donors (Lipinski definition) is 2. The topological polar surface area (TPSA) is 41.1 Å². The van der Waals surface area contributed by atoms with Gasteiger partial charge in [0.2, 0.25) is 0 Å². The Balaban J connectivity index is 0.00000192. The summed E-state index contributed by atoms with van der Waals surface area (Å²) in [5.41, 5.74) is 0. The molecule has 0 spiro atoms. The third-order valence-corrected chi connectivity index (χ3v) is 6.10. The van der Waals surface area contributed by atoms with Crippen LogP contribution in [0.3, 0.4) is 0 Å². The lowest BCUT2D eigenvalue weighted by Gasteiger charge is -2.30. The molecule has 8 heteroatoms. The van der Waals surface area contributed by atoms with E-state index in [1.54, 1.807) is 12.1 Å². The van der Waals surface area contributed by atoms with Gasteiger partial charge in [0.15, 0.2) is 0 Å². The fourth-order valence-electron chi connectivity index (χ4n) is 2.72. The number of piperidine rings is 1. The molecule has 1 saturated heterocycles. The highest BCUT2D eigenvalue weighted by Crippen LogP contribution is 2.41. The van der Waals surface area contributed by atoms with Crippen molar-refractivity contribution in [3.63, 3.8) is 0 Å². The largest absolute Gasteiger partial charge is 0.348 e. The summed E-state index contributed by atoms with van der Waals surface area (Å²) in [5.74, 6) is 0.251. The Labute approximate surface area is 160 Å². The van der Waals surface area contributed by atoms with E-state index in [0.29, 0.717) is 31.2 Å². The molecule has 1 fully saturated rings. The van der Waals surface area contributed by atoms with Gasteiger partial charge in [0.05, 0.1) is 10.0 Å². The highest BCUT2D eigenvalue weighted by atomic mass is 35.5. The average Bonchev–Trinajstić information content (AvgIpc) is 2.78. The maximum Gasteiger partial charge on any atom is 0.263 e. The molecule has 2 atom stereocenters. The van der Waals surface area contributed by atoms with Crippen LogP contribution in [0.4, 0.5) is 0 Å². The molecule has 0 radical (unpaired) electrons. The van der Waals surface area contributed by atoms with E-state index in [9.17, 15) is 4.79 Å². The maximum atomic E-state index is 12.6. The summed E-state index contributed by atoms with van der Waals surface area (Å²) in [4.78, 5) is 13.1. The molecule has 1 aliphatic rings. The van der Waals surface area contributed by atoms with Gasteiger partial charge in [-0.1, -0.05) is 41.7 Å². The summed E-state index contributed by atoms with van der Waals surface area (Å²) in [6.45, 7) is 3.95. The zero-order valence-electron chi connectivity index (χ0n) is 12.3. The van der Waals surface area contributed by atoms with Crippen LogP contribution in [-0.2, 0) is 0 Å². The number of rotatable bonds is 2. The van der Waals surface area contributed by atoms with E-state index < -0.39 is 0 Å². The van der Waals surface area contributed by atoms with Crippen molar-refractivity contribution in [3.05, 3.63) is 32.1 Å². The lowest BCUT2D eigenvalue weighted by atomic mass is 9.95. The molecular weight excluding hydrogens is 398 g/mol. The number of amides is 1. The van der Waals surface area contributed by atoms with Gasteiger partial charge >= 0.3 is 0 Å². The van der Waals surface area contributed by atoms with Crippen molar-refractivity contribution in [3.8, 4) is 0 Å². The lowest BCUT2D eigenvalue weighted by Crippen LogP contribution is -2.48. The van der Waals surface area contributed by atoms with E-state index in [-0.39, 0.29) is 24.4 Å². The predicted molar refractivity (Wildman–Crippen MR) is 102 cm³/mol. The minimum Gasteiger partial charge on any atom is -0.348 e. The number of carbonyl (C=O) groups is 1. The molecule has 2 N–H and O–H groups in total. The Morgan fingerprint density at radius 1 is 1.35 bits per heavy atom. The van der Waals surface area contributed by atoms with Gasteiger partial charge in [0, 0.05) is 21.2 Å². The van der Waals surface area contributed by atoms with Crippen LogP contribution in [0.2, 0.25) is 15.1 Å². The molecule has 1 aliphatic heterocycles. The Bertz CT molecular complexity index is 734. The number of fused-ring (bicyclic) bond motifs is 1. The quantitative estimate of drug-likeness (QED) is 0.726. The summed E-state index contributed by atoms with van der Waals surface area (Å²) in [6.07, 6.45) is 0.919. The smallest absolute Gasteiger partial charge is 0.263 e. The van der Waals surface area contributed by atoms with Crippen LogP contribution in [0, 0.1) is 5.92 Å². The van der Waals surface area contributed by atoms with Crippen molar-refractivity contribution >= 4 is 74.5 Å². The van der Waals surface area contributed by atoms with Crippen LogP contribution < -0.4 is 10.6 Å². The highest BCUT2D eigenvalue weighted by Gasteiger charge is 2.26. The van der Waals surface area contributed by atoms with Crippen molar-refractivity contribution in [2.45, 2.75) is 19.4 Å². The van der Waals surface area contributed by atoms with Crippen LogP contribution in [0.25, 0.3) is 10.1 Å². The molecule has 0 bridgehead atoms. The first-order valence-electron chi connectivity index (χ1n) is 7.06. The van der Waals surface area contributed by atoms with E-state index in [1.807, 2.05) is 0 Å². The molecular formula is C15H16Cl4N2OS. The van der Waals surface area contributed by atoms with E-state index in [4.69, 9.17) is 34.8 Å². The third kappa shape index (κ3) is 3.89. The maximum absolute atomic E-state index is 12.6. The van der Waals surface area contributed by atoms with Crippen molar-refractivity contribution in [1.82, 2.24) is 10.6 Å². The normalized spacial score (nSPS) is 21.0. The Morgan fingerprint density at radius 2 is 2.09 bits per heavy atom. The molecule has 0 aliphatic carbocycles. The van der Waals surface area contributed by atoms with E-state index >= 15 is 0 Å². The second-order valence-corrected chi connectivity index (χ2v) is 7.83. The first-order valence-corrected chi connectivity index (χ1v) is 9.01.